The number of nitrogens with zero attached hydrogens (tertiary/aromatic N) is 3. The first-order valence-corrected chi connectivity index (χ1v) is 8.56. The highest BCUT2D eigenvalue weighted by Gasteiger charge is 2.36. The summed E-state index contributed by atoms with van der Waals surface area (Å²) in [7, 11) is 0. The lowest BCUT2D eigenvalue weighted by Crippen LogP contribution is -2.36. The van der Waals surface area contributed by atoms with Crippen LogP contribution >= 0.6 is 0 Å². The van der Waals surface area contributed by atoms with Gasteiger partial charge in [0.1, 0.15) is 0 Å². The molecule has 1 aromatic carbocycles. The van der Waals surface area contributed by atoms with Crippen molar-refractivity contribution in [3.8, 4) is 0 Å². The maximum Gasteiger partial charge on any atom is 0.0966 e. The molecule has 0 saturated heterocycles. The summed E-state index contributed by atoms with van der Waals surface area (Å²) < 4.78 is 2.42. The van der Waals surface area contributed by atoms with Crippen molar-refractivity contribution < 1.29 is 0 Å². The summed E-state index contributed by atoms with van der Waals surface area (Å²) in [6.45, 7) is 4.34. The minimum Gasteiger partial charge on any atom is -0.320 e. The van der Waals surface area contributed by atoms with Gasteiger partial charge >= 0.3 is 0 Å². The first kappa shape index (κ1) is 14.4. The molecule has 23 heavy (non-hydrogen) atoms. The molecular weight excluding hydrogens is 282 g/mol. The molecule has 0 radical (unpaired) electrons. The van der Waals surface area contributed by atoms with Gasteiger partial charge in [0.15, 0.2) is 0 Å². The third-order valence-corrected chi connectivity index (χ3v) is 5.50. The van der Waals surface area contributed by atoms with Crippen molar-refractivity contribution in [2.24, 2.45) is 0 Å². The number of pyridine rings is 1. The molecule has 2 aromatic heterocycles. The number of fused-ring (bicyclic) bond motifs is 1. The molecule has 1 saturated carbocycles. The van der Waals surface area contributed by atoms with E-state index in [1.54, 1.807) is 0 Å². The number of imidazole rings is 1. The minimum absolute atomic E-state index is 0.00293. The molecule has 1 fully saturated rings. The molecule has 0 amide bonds. The second-order valence-electron chi connectivity index (χ2n) is 6.87. The zero-order valence-corrected chi connectivity index (χ0v) is 13.9. The zero-order chi connectivity index (χ0) is 15.9. The number of rotatable bonds is 2. The average molecular weight is 305 g/mol. The Hall–Kier alpha value is -2.16. The van der Waals surface area contributed by atoms with E-state index in [0.29, 0.717) is 0 Å². The quantitative estimate of drug-likeness (QED) is 0.683. The maximum absolute atomic E-state index is 4.71. The van der Waals surface area contributed by atoms with Gasteiger partial charge in [0.05, 0.1) is 22.9 Å². The van der Waals surface area contributed by atoms with E-state index in [0.717, 1.165) is 18.4 Å². The Morgan fingerprint density at radius 1 is 1.04 bits per heavy atom. The molecule has 0 spiro atoms. The molecule has 0 unspecified atom stereocenters. The maximum atomic E-state index is 4.71. The Kier molecular flexibility index (Phi) is 3.44. The standard InChI is InChI=1S/C20H23N3/c1-15-11-18-19(12-16(15)2)23(14-22-18)20(8-4-3-5-9-20)17-7-6-10-21-13-17/h6-7,10-14H,3-5,8-9H2,1-2H3. The summed E-state index contributed by atoms with van der Waals surface area (Å²) in [5.41, 5.74) is 6.31. The predicted octanol–water partition coefficient (Wildman–Crippen LogP) is 4.76. The largest absolute Gasteiger partial charge is 0.320 e. The molecule has 118 valence electrons. The van der Waals surface area contributed by atoms with Gasteiger partial charge in [-0.1, -0.05) is 25.3 Å². The molecule has 2 heterocycles. The summed E-state index contributed by atoms with van der Waals surface area (Å²) in [6, 6.07) is 8.79. The van der Waals surface area contributed by atoms with Crippen LogP contribution in [0.4, 0.5) is 0 Å². The molecular formula is C20H23N3. The topological polar surface area (TPSA) is 30.7 Å². The highest BCUT2D eigenvalue weighted by molar-refractivity contribution is 5.78. The van der Waals surface area contributed by atoms with Crippen LogP contribution in [0.5, 0.6) is 0 Å². The van der Waals surface area contributed by atoms with Crippen molar-refractivity contribution in [3.63, 3.8) is 0 Å². The van der Waals surface area contributed by atoms with Crippen molar-refractivity contribution in [1.82, 2.24) is 14.5 Å². The van der Waals surface area contributed by atoms with E-state index < -0.39 is 0 Å². The van der Waals surface area contributed by atoms with Gasteiger partial charge in [0, 0.05) is 12.4 Å². The van der Waals surface area contributed by atoms with Crippen molar-refractivity contribution in [3.05, 3.63) is 59.7 Å². The highest BCUT2D eigenvalue weighted by atomic mass is 15.1. The summed E-state index contributed by atoms with van der Waals surface area (Å²) in [4.78, 5) is 9.10. The lowest BCUT2D eigenvalue weighted by Gasteiger charge is -2.39. The van der Waals surface area contributed by atoms with Crippen molar-refractivity contribution in [1.29, 1.82) is 0 Å². The zero-order valence-electron chi connectivity index (χ0n) is 13.9. The number of hydrogen-bond acceptors (Lipinski definition) is 2. The van der Waals surface area contributed by atoms with Gasteiger partial charge in [-0.05, 0) is 61.6 Å². The van der Waals surface area contributed by atoms with E-state index in [-0.39, 0.29) is 5.54 Å². The average Bonchev–Trinajstić information content (AvgIpc) is 3.00. The van der Waals surface area contributed by atoms with Crippen molar-refractivity contribution >= 4 is 11.0 Å². The number of aryl methyl sites for hydroxylation is 2. The van der Waals surface area contributed by atoms with E-state index in [2.05, 4.69) is 47.7 Å². The monoisotopic (exact) mass is 305 g/mol. The molecule has 0 N–H and O–H groups in total. The van der Waals surface area contributed by atoms with Crippen molar-refractivity contribution in [2.75, 3.05) is 0 Å². The number of hydrogen-bond donors (Lipinski definition) is 0. The first-order valence-electron chi connectivity index (χ1n) is 8.56. The van der Waals surface area contributed by atoms with Gasteiger partial charge in [0.25, 0.3) is 0 Å². The van der Waals surface area contributed by atoms with Crippen LogP contribution in [0, 0.1) is 13.8 Å². The molecule has 0 atom stereocenters. The summed E-state index contributed by atoms with van der Waals surface area (Å²) in [6.07, 6.45) is 12.1. The lowest BCUT2D eigenvalue weighted by atomic mass is 9.76. The Bertz CT molecular complexity index is 827. The Morgan fingerprint density at radius 3 is 2.57 bits per heavy atom. The van der Waals surface area contributed by atoms with E-state index >= 15 is 0 Å². The Balaban J connectivity index is 1.96. The number of aromatic nitrogens is 3. The smallest absolute Gasteiger partial charge is 0.0966 e. The Labute approximate surface area is 137 Å². The second kappa shape index (κ2) is 5.48. The predicted molar refractivity (Wildman–Crippen MR) is 93.6 cm³/mol. The molecule has 3 nitrogen and oxygen atoms in total. The van der Waals surface area contributed by atoms with Crippen molar-refractivity contribution in [2.45, 2.75) is 51.5 Å². The molecule has 1 aliphatic rings. The van der Waals surface area contributed by atoms with Crippen LogP contribution in [0.1, 0.15) is 48.8 Å². The molecule has 1 aliphatic carbocycles. The Morgan fingerprint density at radius 2 is 1.83 bits per heavy atom. The van der Waals surface area contributed by atoms with E-state index in [4.69, 9.17) is 4.98 Å². The van der Waals surface area contributed by atoms with E-state index in [1.165, 1.54) is 41.5 Å². The fourth-order valence-electron chi connectivity index (χ4n) is 4.05. The van der Waals surface area contributed by atoms with Crippen LogP contribution in [-0.2, 0) is 5.54 Å². The third-order valence-electron chi connectivity index (χ3n) is 5.50. The van der Waals surface area contributed by atoms with Gasteiger partial charge in [0.2, 0.25) is 0 Å². The summed E-state index contributed by atoms with van der Waals surface area (Å²) in [5, 5.41) is 0. The summed E-state index contributed by atoms with van der Waals surface area (Å²) >= 11 is 0. The molecule has 3 aromatic rings. The van der Waals surface area contributed by atoms with Crippen LogP contribution in [-0.4, -0.2) is 14.5 Å². The van der Waals surface area contributed by atoms with Gasteiger partial charge < -0.3 is 4.57 Å². The summed E-state index contributed by atoms with van der Waals surface area (Å²) in [5.74, 6) is 0. The van der Waals surface area contributed by atoms with Crippen LogP contribution in [0.2, 0.25) is 0 Å². The van der Waals surface area contributed by atoms with Crippen LogP contribution in [0.3, 0.4) is 0 Å². The van der Waals surface area contributed by atoms with Crippen LogP contribution in [0.25, 0.3) is 11.0 Å². The molecule has 0 aliphatic heterocycles. The fourth-order valence-corrected chi connectivity index (χ4v) is 4.05. The normalized spacial score (nSPS) is 17.5. The third kappa shape index (κ3) is 2.26. The van der Waals surface area contributed by atoms with Crippen LogP contribution in [0.15, 0.2) is 43.0 Å². The van der Waals surface area contributed by atoms with Crippen LogP contribution < -0.4 is 0 Å². The van der Waals surface area contributed by atoms with Gasteiger partial charge in [-0.15, -0.1) is 0 Å². The first-order chi connectivity index (χ1) is 11.2. The lowest BCUT2D eigenvalue weighted by molar-refractivity contribution is 0.251. The minimum atomic E-state index is 0.00293. The second-order valence-corrected chi connectivity index (χ2v) is 6.87. The number of benzene rings is 1. The molecule has 4 rings (SSSR count). The fraction of sp³-hybridized carbons (Fsp3) is 0.400. The van der Waals surface area contributed by atoms with E-state index in [9.17, 15) is 0 Å². The van der Waals surface area contributed by atoms with Gasteiger partial charge in [-0.25, -0.2) is 4.98 Å². The highest BCUT2D eigenvalue weighted by Crippen LogP contribution is 2.42. The van der Waals surface area contributed by atoms with Gasteiger partial charge in [-0.2, -0.15) is 0 Å². The SMILES string of the molecule is Cc1cc2ncn(C3(c4cccnc4)CCCCC3)c2cc1C. The van der Waals surface area contributed by atoms with Gasteiger partial charge in [-0.3, -0.25) is 4.98 Å². The molecule has 0 bridgehead atoms. The van der Waals surface area contributed by atoms with E-state index in [1.807, 2.05) is 18.7 Å². The molecule has 3 heteroatoms.